The molecule has 1 unspecified atom stereocenters. The van der Waals surface area contributed by atoms with E-state index in [0.717, 1.165) is 19.5 Å². The molecule has 0 saturated carbocycles. The minimum Gasteiger partial charge on any atom is -0.383 e. The Labute approximate surface area is 180 Å². The van der Waals surface area contributed by atoms with E-state index >= 15 is 0 Å². The molecule has 0 heterocycles. The highest BCUT2D eigenvalue weighted by atomic mass is 127. The van der Waals surface area contributed by atoms with E-state index < -0.39 is 0 Å². The summed E-state index contributed by atoms with van der Waals surface area (Å²) in [5.74, 6) is 0.547. The number of hydrogen-bond acceptors (Lipinski definition) is 4. The normalized spacial score (nSPS) is 12.3. The number of nitrogens with zero attached hydrogens (tertiary/aromatic N) is 2. The van der Waals surface area contributed by atoms with Crippen LogP contribution in [0.5, 0.6) is 0 Å². The Kier molecular flexibility index (Phi) is 14.8. The van der Waals surface area contributed by atoms with Gasteiger partial charge >= 0.3 is 0 Å². The molecule has 154 valence electrons. The molecule has 0 aromatic heterocycles. The van der Waals surface area contributed by atoms with Crippen LogP contribution < -0.4 is 16.0 Å². The highest BCUT2D eigenvalue weighted by Crippen LogP contribution is 2.07. The van der Waals surface area contributed by atoms with E-state index in [2.05, 4.69) is 64.1 Å². The summed E-state index contributed by atoms with van der Waals surface area (Å²) in [5.41, 5.74) is 1.31. The first-order valence-electron chi connectivity index (χ1n) is 9.01. The molecule has 1 aromatic rings. The summed E-state index contributed by atoms with van der Waals surface area (Å²) < 4.78 is 4.90. The van der Waals surface area contributed by atoms with E-state index in [9.17, 15) is 4.79 Å². The summed E-state index contributed by atoms with van der Waals surface area (Å²) in [4.78, 5) is 18.1. The lowest BCUT2D eigenvalue weighted by atomic mass is 10.1. The number of guanidine groups is 1. The molecule has 27 heavy (non-hydrogen) atoms. The third-order valence-electron chi connectivity index (χ3n) is 4.15. The highest BCUT2D eigenvalue weighted by molar-refractivity contribution is 14.0. The van der Waals surface area contributed by atoms with Crippen molar-refractivity contribution in [3.8, 4) is 0 Å². The van der Waals surface area contributed by atoms with Crippen LogP contribution in [0.15, 0.2) is 35.3 Å². The van der Waals surface area contributed by atoms with Crippen molar-refractivity contribution in [1.29, 1.82) is 0 Å². The van der Waals surface area contributed by atoms with Gasteiger partial charge in [-0.15, -0.1) is 24.0 Å². The summed E-state index contributed by atoms with van der Waals surface area (Å²) in [6, 6.07) is 10.9. The second kappa shape index (κ2) is 15.6. The van der Waals surface area contributed by atoms with Crippen LogP contribution in [-0.4, -0.2) is 70.3 Å². The van der Waals surface area contributed by atoms with E-state index in [0.29, 0.717) is 25.2 Å². The van der Waals surface area contributed by atoms with Crippen LogP contribution in [0.3, 0.4) is 0 Å². The number of ether oxygens (including phenoxy) is 1. The van der Waals surface area contributed by atoms with Gasteiger partial charge in [-0.25, -0.2) is 0 Å². The molecular formula is C19H34IN5O2. The molecule has 1 rings (SSSR count). The van der Waals surface area contributed by atoms with Gasteiger partial charge in [0.1, 0.15) is 0 Å². The van der Waals surface area contributed by atoms with Gasteiger partial charge in [0.25, 0.3) is 0 Å². The smallest absolute Gasteiger partial charge is 0.239 e. The molecular weight excluding hydrogens is 457 g/mol. The molecule has 0 aliphatic rings. The largest absolute Gasteiger partial charge is 0.383 e. The minimum atomic E-state index is -0.0824. The van der Waals surface area contributed by atoms with Crippen LogP contribution in [0.1, 0.15) is 18.9 Å². The number of rotatable bonds is 11. The second-order valence-corrected chi connectivity index (χ2v) is 6.23. The average molecular weight is 491 g/mol. The van der Waals surface area contributed by atoms with Gasteiger partial charge in [0.2, 0.25) is 5.91 Å². The first-order chi connectivity index (χ1) is 12.6. The maximum atomic E-state index is 11.7. The zero-order chi connectivity index (χ0) is 19.2. The predicted octanol–water partition coefficient (Wildman–Crippen LogP) is 1.44. The summed E-state index contributed by atoms with van der Waals surface area (Å²) in [6.07, 6.45) is 0.976. The van der Waals surface area contributed by atoms with Crippen LogP contribution in [0.2, 0.25) is 0 Å². The van der Waals surface area contributed by atoms with Crippen LogP contribution in [0.4, 0.5) is 0 Å². The van der Waals surface area contributed by atoms with Crippen LogP contribution in [0, 0.1) is 0 Å². The highest BCUT2D eigenvalue weighted by Gasteiger charge is 2.10. The maximum absolute atomic E-state index is 11.7. The maximum Gasteiger partial charge on any atom is 0.239 e. The molecule has 1 atom stereocenters. The van der Waals surface area contributed by atoms with E-state index in [1.807, 2.05) is 6.07 Å². The molecule has 0 spiro atoms. The standard InChI is InChI=1S/C19H33N5O2.HI/c1-16(24(3)15-17-8-6-5-7-9-17)10-11-22-19(20-2)23-14-18(25)21-12-13-26-4;/h5-9,16H,10-15H2,1-4H3,(H,21,25)(H2,20,22,23);1H. The fraction of sp³-hybridized carbons (Fsp3) is 0.579. The van der Waals surface area contributed by atoms with Gasteiger partial charge in [-0.1, -0.05) is 30.3 Å². The number of carbonyl (C=O) groups is 1. The summed E-state index contributed by atoms with van der Waals surface area (Å²) >= 11 is 0. The number of aliphatic imine (C=N–C) groups is 1. The molecule has 1 aromatic carbocycles. The van der Waals surface area contributed by atoms with Gasteiger partial charge in [-0.2, -0.15) is 0 Å². The molecule has 0 fully saturated rings. The van der Waals surface area contributed by atoms with E-state index in [1.165, 1.54) is 5.56 Å². The Hall–Kier alpha value is -1.39. The SMILES string of the molecule is CN=C(NCCC(C)N(C)Cc1ccccc1)NCC(=O)NCCOC.I. The van der Waals surface area contributed by atoms with E-state index in [-0.39, 0.29) is 36.4 Å². The fourth-order valence-corrected chi connectivity index (χ4v) is 2.39. The quantitative estimate of drug-likeness (QED) is 0.189. The third kappa shape index (κ3) is 11.8. The summed E-state index contributed by atoms with van der Waals surface area (Å²) in [5, 5.41) is 9.02. The van der Waals surface area contributed by atoms with Crippen molar-refractivity contribution >= 4 is 35.8 Å². The number of carbonyl (C=O) groups excluding carboxylic acids is 1. The summed E-state index contributed by atoms with van der Waals surface area (Å²) in [6.45, 7) is 5.13. The van der Waals surface area contributed by atoms with Crippen molar-refractivity contribution in [2.75, 3.05) is 47.4 Å². The second-order valence-electron chi connectivity index (χ2n) is 6.23. The van der Waals surface area contributed by atoms with Gasteiger partial charge in [0, 0.05) is 39.8 Å². The summed E-state index contributed by atoms with van der Waals surface area (Å²) in [7, 11) is 5.44. The number of hydrogen-bond donors (Lipinski definition) is 3. The number of nitrogens with one attached hydrogen (secondary N) is 3. The molecule has 0 aliphatic carbocycles. The van der Waals surface area contributed by atoms with Gasteiger partial charge in [-0.3, -0.25) is 14.7 Å². The van der Waals surface area contributed by atoms with Crippen molar-refractivity contribution in [3.05, 3.63) is 35.9 Å². The van der Waals surface area contributed by atoms with Crippen molar-refractivity contribution in [2.24, 2.45) is 4.99 Å². The van der Waals surface area contributed by atoms with Gasteiger partial charge in [-0.05, 0) is 26.0 Å². The van der Waals surface area contributed by atoms with E-state index in [4.69, 9.17) is 4.74 Å². The van der Waals surface area contributed by atoms with Crippen molar-refractivity contribution in [2.45, 2.75) is 25.9 Å². The predicted molar refractivity (Wildman–Crippen MR) is 122 cm³/mol. The topological polar surface area (TPSA) is 78.0 Å². The Balaban J connectivity index is 0.00000676. The third-order valence-corrected chi connectivity index (χ3v) is 4.15. The Morgan fingerprint density at radius 1 is 1.19 bits per heavy atom. The molecule has 0 aliphatic heterocycles. The molecule has 8 heteroatoms. The minimum absolute atomic E-state index is 0. The number of halogens is 1. The van der Waals surface area contributed by atoms with Crippen LogP contribution in [-0.2, 0) is 16.1 Å². The lowest BCUT2D eigenvalue weighted by molar-refractivity contribution is -0.120. The first kappa shape index (κ1) is 25.6. The van der Waals surface area contributed by atoms with Crippen LogP contribution >= 0.6 is 24.0 Å². The molecule has 3 N–H and O–H groups in total. The molecule has 1 amide bonds. The molecule has 0 saturated heterocycles. The van der Waals surface area contributed by atoms with Crippen molar-refractivity contribution in [1.82, 2.24) is 20.9 Å². The number of amides is 1. The fourth-order valence-electron chi connectivity index (χ4n) is 2.39. The van der Waals surface area contributed by atoms with Gasteiger partial charge < -0.3 is 20.7 Å². The van der Waals surface area contributed by atoms with Gasteiger partial charge in [0.05, 0.1) is 13.2 Å². The molecule has 7 nitrogen and oxygen atoms in total. The number of methoxy groups -OCH3 is 1. The monoisotopic (exact) mass is 491 g/mol. The lowest BCUT2D eigenvalue weighted by Crippen LogP contribution is -2.44. The average Bonchev–Trinajstić information content (AvgIpc) is 2.65. The zero-order valence-electron chi connectivity index (χ0n) is 16.8. The lowest BCUT2D eigenvalue weighted by Gasteiger charge is -2.25. The number of benzene rings is 1. The Morgan fingerprint density at radius 2 is 1.89 bits per heavy atom. The zero-order valence-corrected chi connectivity index (χ0v) is 19.2. The molecule has 0 radical (unpaired) electrons. The Morgan fingerprint density at radius 3 is 2.52 bits per heavy atom. The Bertz CT molecular complexity index is 542. The van der Waals surface area contributed by atoms with E-state index in [1.54, 1.807) is 14.2 Å². The molecule has 0 bridgehead atoms. The first-order valence-corrected chi connectivity index (χ1v) is 9.01. The van der Waals surface area contributed by atoms with Crippen molar-refractivity contribution < 1.29 is 9.53 Å². The van der Waals surface area contributed by atoms with Gasteiger partial charge in [0.15, 0.2) is 5.96 Å². The van der Waals surface area contributed by atoms with Crippen molar-refractivity contribution in [3.63, 3.8) is 0 Å². The van der Waals surface area contributed by atoms with Crippen LogP contribution in [0.25, 0.3) is 0 Å².